The molecule has 6 rings (SSSR count). The van der Waals surface area contributed by atoms with Crippen LogP contribution < -0.4 is 14.2 Å². The number of allylic oxidation sites excluding steroid dienone is 1. The Morgan fingerprint density at radius 2 is 1.62 bits per heavy atom. The van der Waals surface area contributed by atoms with Gasteiger partial charge < -0.3 is 44.0 Å². The van der Waals surface area contributed by atoms with Gasteiger partial charge in [-0.3, -0.25) is 4.79 Å². The highest BCUT2D eigenvalue weighted by Gasteiger charge is 2.65. The molecule has 11 heteroatoms. The maximum Gasteiger partial charge on any atom is 0.239 e. The molecule has 2 aliphatic heterocycles. The second-order valence-corrected chi connectivity index (χ2v) is 17.0. The zero-order valence-electron chi connectivity index (χ0n) is 36.2. The molecule has 2 aromatic rings. The van der Waals surface area contributed by atoms with Crippen LogP contribution in [0.4, 0.5) is 0 Å². The molecular weight excluding hydrogens is 761 g/mol. The Morgan fingerprint density at radius 1 is 0.900 bits per heavy atom. The Hall–Kier alpha value is -4.06. The van der Waals surface area contributed by atoms with Crippen molar-refractivity contribution >= 4 is 11.6 Å². The first kappa shape index (κ1) is 45.5. The van der Waals surface area contributed by atoms with Crippen molar-refractivity contribution in [3.8, 4) is 23.0 Å². The summed E-state index contributed by atoms with van der Waals surface area (Å²) in [5.74, 6) is 0.296. The first-order valence-electron chi connectivity index (χ1n) is 23.0. The quantitative estimate of drug-likeness (QED) is 0.0481. The van der Waals surface area contributed by atoms with E-state index in [1.807, 2.05) is 42.2 Å². The van der Waals surface area contributed by atoms with E-state index in [2.05, 4.69) is 19.6 Å². The standard InChI is InChI=1S/C49H70N2O9/c1-4-7-8-9-10-11-12-13-14-21-46(55)51(33-35-22-24-43-44(29-35)57-34-56-43)45-32-41(50-59-6-3)39-30-36(19-15-17-26-52)38(20-16-18-27-53)47-40-31-37(54)23-25-42(40)60-49(45,48(39)47)58-28-5-2/h5,22-25,29-31,36,38,45,47-48,52-54H,2,4,6-21,26-28,32-34H2,1,3H3/t36-,38+,45-,47+,48+,49+/m0/s1. The van der Waals surface area contributed by atoms with Gasteiger partial charge in [0.1, 0.15) is 24.1 Å². The van der Waals surface area contributed by atoms with Gasteiger partial charge in [0.25, 0.3) is 0 Å². The van der Waals surface area contributed by atoms with Crippen LogP contribution in [-0.2, 0) is 20.9 Å². The number of benzene rings is 2. The van der Waals surface area contributed by atoms with Gasteiger partial charge in [-0.1, -0.05) is 94.5 Å². The fraction of sp³-hybridized carbons (Fsp3) is 0.633. The fourth-order valence-corrected chi connectivity index (χ4v) is 10.1. The highest BCUT2D eigenvalue weighted by Crippen LogP contribution is 2.62. The van der Waals surface area contributed by atoms with Gasteiger partial charge in [-0.25, -0.2) is 0 Å². The van der Waals surface area contributed by atoms with E-state index >= 15 is 4.79 Å². The molecule has 60 heavy (non-hydrogen) atoms. The third kappa shape index (κ3) is 10.7. The summed E-state index contributed by atoms with van der Waals surface area (Å²) >= 11 is 0. The van der Waals surface area contributed by atoms with E-state index in [1.165, 1.54) is 38.5 Å². The minimum atomic E-state index is -1.37. The summed E-state index contributed by atoms with van der Waals surface area (Å²) in [6.07, 6.45) is 19.8. The second-order valence-electron chi connectivity index (χ2n) is 17.0. The maximum absolute atomic E-state index is 15.0. The van der Waals surface area contributed by atoms with Crippen molar-refractivity contribution in [3.63, 3.8) is 0 Å². The largest absolute Gasteiger partial charge is 0.508 e. The molecule has 3 N–H and O–H groups in total. The van der Waals surface area contributed by atoms with Crippen LogP contribution in [-0.4, -0.2) is 76.9 Å². The Bertz CT molecular complexity index is 1760. The number of phenols is 1. The van der Waals surface area contributed by atoms with Crippen molar-refractivity contribution in [3.05, 3.63) is 71.8 Å². The molecule has 2 heterocycles. The zero-order chi connectivity index (χ0) is 42.3. The van der Waals surface area contributed by atoms with Gasteiger partial charge in [-0.15, -0.1) is 6.58 Å². The number of hydrogen-bond acceptors (Lipinski definition) is 10. The number of oxime groups is 1. The van der Waals surface area contributed by atoms with Crippen molar-refractivity contribution in [2.75, 3.05) is 33.2 Å². The van der Waals surface area contributed by atoms with Gasteiger partial charge in [0, 0.05) is 44.1 Å². The lowest BCUT2D eigenvalue weighted by Crippen LogP contribution is -2.70. The summed E-state index contributed by atoms with van der Waals surface area (Å²) < 4.78 is 25.9. The minimum Gasteiger partial charge on any atom is -0.508 e. The number of phenolic OH excluding ortho intramolecular Hbond substituents is 1. The van der Waals surface area contributed by atoms with Crippen LogP contribution in [0.25, 0.3) is 0 Å². The van der Waals surface area contributed by atoms with Crippen molar-refractivity contribution in [2.45, 2.75) is 147 Å². The normalized spacial score (nSPS) is 24.3. The summed E-state index contributed by atoms with van der Waals surface area (Å²) in [5, 5.41) is 35.6. The monoisotopic (exact) mass is 831 g/mol. The van der Waals surface area contributed by atoms with Crippen molar-refractivity contribution in [1.82, 2.24) is 4.90 Å². The van der Waals surface area contributed by atoms with E-state index in [0.29, 0.717) is 49.5 Å². The van der Waals surface area contributed by atoms with E-state index < -0.39 is 17.7 Å². The number of amides is 1. The van der Waals surface area contributed by atoms with E-state index in [1.54, 1.807) is 12.1 Å². The van der Waals surface area contributed by atoms with Crippen molar-refractivity contribution in [2.24, 2.45) is 22.9 Å². The summed E-state index contributed by atoms with van der Waals surface area (Å²) in [7, 11) is 0. The smallest absolute Gasteiger partial charge is 0.239 e. The number of carbonyl (C=O) groups excluding carboxylic acids is 1. The second kappa shape index (κ2) is 22.7. The molecule has 6 atom stereocenters. The molecular formula is C49H70N2O9. The molecule has 2 aliphatic carbocycles. The predicted octanol–water partition coefficient (Wildman–Crippen LogP) is 9.72. The molecule has 2 aromatic carbocycles. The van der Waals surface area contributed by atoms with E-state index in [9.17, 15) is 15.3 Å². The molecule has 1 fully saturated rings. The molecule has 1 saturated carbocycles. The number of hydrogen-bond donors (Lipinski definition) is 3. The number of aliphatic hydroxyl groups excluding tert-OH is 2. The average Bonchev–Trinajstić information content (AvgIpc) is 3.73. The van der Waals surface area contributed by atoms with Crippen LogP contribution in [0.15, 0.2) is 65.9 Å². The van der Waals surface area contributed by atoms with Crippen LogP contribution in [0.3, 0.4) is 0 Å². The molecule has 0 saturated heterocycles. The van der Waals surface area contributed by atoms with Crippen LogP contribution in [0, 0.1) is 17.8 Å². The van der Waals surface area contributed by atoms with Gasteiger partial charge in [0.15, 0.2) is 11.5 Å². The average molecular weight is 831 g/mol. The van der Waals surface area contributed by atoms with E-state index in [4.69, 9.17) is 28.9 Å². The third-order valence-corrected chi connectivity index (χ3v) is 12.9. The summed E-state index contributed by atoms with van der Waals surface area (Å²) in [4.78, 5) is 22.9. The number of carbonyl (C=O) groups is 1. The molecule has 11 nitrogen and oxygen atoms in total. The van der Waals surface area contributed by atoms with Gasteiger partial charge in [-0.2, -0.15) is 0 Å². The fourth-order valence-electron chi connectivity index (χ4n) is 10.1. The molecule has 330 valence electrons. The lowest BCUT2D eigenvalue weighted by Gasteiger charge is -2.60. The Kier molecular flexibility index (Phi) is 17.2. The topological polar surface area (TPSA) is 140 Å². The summed E-state index contributed by atoms with van der Waals surface area (Å²) in [6, 6.07) is 10.5. The number of aromatic hydroxyl groups is 1. The number of fused-ring (bicyclic) bond motifs is 3. The highest BCUT2D eigenvalue weighted by molar-refractivity contribution is 6.03. The number of aliphatic hydroxyl groups is 2. The Morgan fingerprint density at radius 3 is 2.35 bits per heavy atom. The van der Waals surface area contributed by atoms with Crippen molar-refractivity contribution < 1.29 is 43.9 Å². The summed E-state index contributed by atoms with van der Waals surface area (Å²) in [5.41, 5.74) is 3.53. The first-order valence-corrected chi connectivity index (χ1v) is 23.0. The third-order valence-electron chi connectivity index (χ3n) is 12.9. The molecule has 0 bridgehead atoms. The van der Waals surface area contributed by atoms with Crippen LogP contribution in [0.2, 0.25) is 0 Å². The number of unbranched alkanes of at least 4 members (excludes halogenated alkanes) is 10. The molecule has 0 radical (unpaired) electrons. The molecule has 0 aromatic heterocycles. The van der Waals surface area contributed by atoms with E-state index in [0.717, 1.165) is 67.4 Å². The molecule has 0 unspecified atom stereocenters. The van der Waals surface area contributed by atoms with E-state index in [-0.39, 0.29) is 62.6 Å². The lowest BCUT2D eigenvalue weighted by atomic mass is 9.55. The van der Waals surface area contributed by atoms with Crippen LogP contribution in [0.1, 0.15) is 140 Å². The number of rotatable bonds is 26. The SMILES string of the molecule is C=CCO[C@@]12Oc3ccc(O)cc3[C@H]3[C@H](CCCCO)[C@@H](CCCCO)C=C(C(=NOCC)C[C@@H]1N(Cc1ccc4c(c1)OCO4)C(=O)CCCCCCCCCCC)[C@H]32. The lowest BCUT2D eigenvalue weighted by molar-refractivity contribution is -0.258. The van der Waals surface area contributed by atoms with Gasteiger partial charge in [-0.05, 0) is 92.3 Å². The van der Waals surface area contributed by atoms with Crippen LogP contribution >= 0.6 is 0 Å². The summed E-state index contributed by atoms with van der Waals surface area (Å²) in [6.45, 7) is 9.42. The zero-order valence-corrected chi connectivity index (χ0v) is 36.2. The van der Waals surface area contributed by atoms with Gasteiger partial charge in [0.2, 0.25) is 18.5 Å². The van der Waals surface area contributed by atoms with Gasteiger partial charge >= 0.3 is 0 Å². The molecule has 1 amide bonds. The number of nitrogens with zero attached hydrogens (tertiary/aromatic N) is 2. The number of ether oxygens (including phenoxy) is 4. The Labute approximate surface area is 357 Å². The van der Waals surface area contributed by atoms with Gasteiger partial charge in [0.05, 0.1) is 18.2 Å². The first-order chi connectivity index (χ1) is 29.4. The predicted molar refractivity (Wildman–Crippen MR) is 233 cm³/mol. The molecule has 4 aliphatic rings. The Balaban J connectivity index is 1.46. The van der Waals surface area contributed by atoms with Crippen LogP contribution in [0.5, 0.6) is 23.0 Å². The maximum atomic E-state index is 15.0. The minimum absolute atomic E-state index is 0.0132. The molecule has 0 spiro atoms. The van der Waals surface area contributed by atoms with Crippen molar-refractivity contribution in [1.29, 1.82) is 0 Å². The highest BCUT2D eigenvalue weighted by atomic mass is 16.7.